The quantitative estimate of drug-likeness (QED) is 0.180. The van der Waals surface area contributed by atoms with E-state index in [1.165, 1.54) is 11.7 Å². The number of imidazole rings is 2. The van der Waals surface area contributed by atoms with Crippen LogP contribution in [0.15, 0.2) is 139 Å². The Morgan fingerprint density at radius 1 is 0.800 bits per heavy atom. The number of hydrogen-bond donors (Lipinski definition) is 2. The SMILES string of the molecule is COC(=O)[C@H](Cc1ccc(-n2c(=O)[nH]c3cccnc32)c2nccn12)NC(c1ccccc1)(c1ccccc1)c1ccccc1. The lowest BCUT2D eigenvalue weighted by Crippen LogP contribution is -2.53. The fourth-order valence-electron chi connectivity index (χ4n) is 6.18. The summed E-state index contributed by atoms with van der Waals surface area (Å²) in [4.78, 5) is 38.5. The van der Waals surface area contributed by atoms with Crippen LogP contribution in [-0.4, -0.2) is 43.0 Å². The minimum atomic E-state index is -0.889. The number of H-pyrrole nitrogens is 1. The molecule has 7 aromatic rings. The smallest absolute Gasteiger partial charge is 0.332 e. The van der Waals surface area contributed by atoms with E-state index in [1.807, 2.05) is 83.4 Å². The third-order valence-electron chi connectivity index (χ3n) is 8.21. The number of pyridine rings is 2. The number of fused-ring (bicyclic) bond motifs is 2. The van der Waals surface area contributed by atoms with Gasteiger partial charge in [-0.2, -0.15) is 0 Å². The lowest BCUT2D eigenvalue weighted by Gasteiger charge is -2.39. The van der Waals surface area contributed by atoms with Crippen molar-refractivity contribution >= 4 is 22.8 Å². The average Bonchev–Trinajstić information content (AvgIpc) is 3.72. The zero-order chi connectivity index (χ0) is 30.8. The van der Waals surface area contributed by atoms with Crippen molar-refractivity contribution in [3.8, 4) is 5.69 Å². The van der Waals surface area contributed by atoms with Crippen LogP contribution in [0, 0.1) is 0 Å². The molecule has 0 spiro atoms. The number of nitrogens with zero attached hydrogens (tertiary/aromatic N) is 4. The number of methoxy groups -OCH3 is 1. The molecule has 0 bridgehead atoms. The van der Waals surface area contributed by atoms with Gasteiger partial charge in [0.1, 0.15) is 6.04 Å². The number of aromatic nitrogens is 5. The van der Waals surface area contributed by atoms with Gasteiger partial charge in [-0.25, -0.2) is 19.3 Å². The molecule has 4 aromatic heterocycles. The Labute approximate surface area is 258 Å². The number of benzene rings is 3. The fourth-order valence-corrected chi connectivity index (χ4v) is 6.18. The second-order valence-electron chi connectivity index (χ2n) is 10.7. The molecule has 0 aliphatic carbocycles. The first-order valence-corrected chi connectivity index (χ1v) is 14.6. The highest BCUT2D eigenvalue weighted by atomic mass is 16.5. The van der Waals surface area contributed by atoms with Crippen LogP contribution < -0.4 is 11.0 Å². The second kappa shape index (κ2) is 11.7. The van der Waals surface area contributed by atoms with Crippen LogP contribution in [0.1, 0.15) is 22.4 Å². The molecule has 1 atom stereocenters. The molecule has 0 fully saturated rings. The predicted molar refractivity (Wildman–Crippen MR) is 172 cm³/mol. The van der Waals surface area contributed by atoms with E-state index >= 15 is 0 Å². The van der Waals surface area contributed by atoms with Crippen molar-refractivity contribution in [3.63, 3.8) is 0 Å². The summed E-state index contributed by atoms with van der Waals surface area (Å²) in [5, 5.41) is 3.77. The van der Waals surface area contributed by atoms with Gasteiger partial charge in [0, 0.05) is 30.7 Å². The van der Waals surface area contributed by atoms with Gasteiger partial charge in [-0.15, -0.1) is 0 Å². The number of carbonyl (C=O) groups excluding carboxylic acids is 1. The first-order chi connectivity index (χ1) is 22.1. The number of aromatic amines is 1. The van der Waals surface area contributed by atoms with Crippen LogP contribution >= 0.6 is 0 Å². The summed E-state index contributed by atoms with van der Waals surface area (Å²) < 4.78 is 8.81. The molecule has 222 valence electrons. The van der Waals surface area contributed by atoms with Crippen molar-refractivity contribution in [3.05, 3.63) is 167 Å². The summed E-state index contributed by atoms with van der Waals surface area (Å²) in [5.41, 5.74) is 4.81. The number of hydrogen-bond acceptors (Lipinski definition) is 6. The van der Waals surface area contributed by atoms with Gasteiger partial charge in [-0.3, -0.25) is 10.1 Å². The van der Waals surface area contributed by atoms with E-state index in [0.717, 1.165) is 22.4 Å². The van der Waals surface area contributed by atoms with Crippen LogP contribution in [0.3, 0.4) is 0 Å². The van der Waals surface area contributed by atoms with Crippen LogP contribution in [-0.2, 0) is 21.5 Å². The molecule has 0 aliphatic rings. The van der Waals surface area contributed by atoms with Gasteiger partial charge in [0.25, 0.3) is 0 Å². The Hall–Kier alpha value is -5.80. The maximum atomic E-state index is 13.6. The highest BCUT2D eigenvalue weighted by Gasteiger charge is 2.40. The van der Waals surface area contributed by atoms with Crippen molar-refractivity contribution in [2.75, 3.05) is 7.11 Å². The maximum absolute atomic E-state index is 13.6. The molecule has 9 nitrogen and oxygen atoms in total. The topological polar surface area (TPSA) is 106 Å². The fraction of sp³-hybridized carbons (Fsp3) is 0.111. The summed E-state index contributed by atoms with van der Waals surface area (Å²) in [6.45, 7) is 0. The Morgan fingerprint density at radius 2 is 1.40 bits per heavy atom. The van der Waals surface area contributed by atoms with Crippen molar-refractivity contribution in [1.29, 1.82) is 0 Å². The summed E-state index contributed by atoms with van der Waals surface area (Å²) in [6, 6.07) is 36.9. The van der Waals surface area contributed by atoms with Gasteiger partial charge >= 0.3 is 11.7 Å². The summed E-state index contributed by atoms with van der Waals surface area (Å²) in [6.07, 6.45) is 5.43. The first-order valence-electron chi connectivity index (χ1n) is 14.6. The van der Waals surface area contributed by atoms with Crippen molar-refractivity contribution in [1.82, 2.24) is 29.2 Å². The molecule has 0 radical (unpaired) electrons. The molecule has 2 N–H and O–H groups in total. The standard InChI is InChI=1S/C36H30N6O3/c1-45-34(43)30(40-36(25-12-5-2-6-13-25,26-14-7-3-8-15-26)27-16-9-4-10-17-27)24-28-19-20-31(33-38-22-23-41(28)33)42-32-29(39-35(42)44)18-11-21-37-32/h2-23,30,40H,24H2,1H3,(H,39,44)/t30-/m0/s1. The van der Waals surface area contributed by atoms with E-state index < -0.39 is 17.6 Å². The van der Waals surface area contributed by atoms with Crippen molar-refractivity contribution in [2.24, 2.45) is 0 Å². The number of nitrogens with one attached hydrogen (secondary N) is 2. The molecule has 45 heavy (non-hydrogen) atoms. The van der Waals surface area contributed by atoms with Crippen LogP contribution in [0.2, 0.25) is 0 Å². The van der Waals surface area contributed by atoms with Gasteiger partial charge in [0.15, 0.2) is 11.3 Å². The molecular weight excluding hydrogens is 564 g/mol. The monoisotopic (exact) mass is 594 g/mol. The Kier molecular flexibility index (Phi) is 7.28. The van der Waals surface area contributed by atoms with Gasteiger partial charge in [-0.05, 0) is 41.0 Å². The highest BCUT2D eigenvalue weighted by Crippen LogP contribution is 2.37. The molecule has 4 heterocycles. The lowest BCUT2D eigenvalue weighted by molar-refractivity contribution is -0.143. The van der Waals surface area contributed by atoms with E-state index in [1.54, 1.807) is 18.5 Å². The van der Waals surface area contributed by atoms with E-state index in [0.29, 0.717) is 22.5 Å². The van der Waals surface area contributed by atoms with Gasteiger partial charge in [-0.1, -0.05) is 91.0 Å². The number of carbonyl (C=O) groups is 1. The zero-order valence-corrected chi connectivity index (χ0v) is 24.5. The van der Waals surface area contributed by atoms with E-state index in [-0.39, 0.29) is 12.1 Å². The molecule has 3 aromatic carbocycles. The molecule has 0 amide bonds. The average molecular weight is 595 g/mol. The van der Waals surface area contributed by atoms with E-state index in [9.17, 15) is 9.59 Å². The minimum Gasteiger partial charge on any atom is -0.468 e. The normalized spacial score (nSPS) is 12.4. The number of rotatable bonds is 9. The van der Waals surface area contributed by atoms with E-state index in [2.05, 4.69) is 56.7 Å². The van der Waals surface area contributed by atoms with Crippen molar-refractivity contribution < 1.29 is 9.53 Å². The molecular formula is C36H30N6O3. The summed E-state index contributed by atoms with van der Waals surface area (Å²) >= 11 is 0. The Morgan fingerprint density at radius 3 is 2.00 bits per heavy atom. The van der Waals surface area contributed by atoms with Crippen molar-refractivity contribution in [2.45, 2.75) is 18.0 Å². The summed E-state index contributed by atoms with van der Waals surface area (Å²) in [7, 11) is 1.40. The number of ether oxygens (including phenoxy) is 1. The van der Waals surface area contributed by atoms with Gasteiger partial charge in [0.05, 0.1) is 23.9 Å². The predicted octanol–water partition coefficient (Wildman–Crippen LogP) is 5.03. The minimum absolute atomic E-state index is 0.273. The molecule has 0 unspecified atom stereocenters. The maximum Gasteiger partial charge on any atom is 0.332 e. The lowest BCUT2D eigenvalue weighted by atomic mass is 9.76. The molecule has 7 rings (SSSR count). The Bertz CT molecular complexity index is 2060. The third-order valence-corrected chi connectivity index (χ3v) is 8.21. The largest absolute Gasteiger partial charge is 0.468 e. The first kappa shape index (κ1) is 28.0. The van der Waals surface area contributed by atoms with Crippen LogP contribution in [0.4, 0.5) is 0 Å². The molecule has 0 saturated heterocycles. The molecule has 0 aliphatic heterocycles. The molecule has 9 heteroatoms. The number of esters is 1. The van der Waals surface area contributed by atoms with Crippen LogP contribution in [0.25, 0.3) is 22.5 Å². The Balaban J connectivity index is 1.36. The van der Waals surface area contributed by atoms with E-state index in [4.69, 9.17) is 4.74 Å². The zero-order valence-electron chi connectivity index (χ0n) is 24.5. The second-order valence-corrected chi connectivity index (χ2v) is 10.7. The highest BCUT2D eigenvalue weighted by molar-refractivity contribution is 5.77. The van der Waals surface area contributed by atoms with Gasteiger partial charge in [0.2, 0.25) is 0 Å². The summed E-state index contributed by atoms with van der Waals surface area (Å²) in [5.74, 6) is -0.406. The third kappa shape index (κ3) is 4.89. The molecule has 0 saturated carbocycles. The van der Waals surface area contributed by atoms with Crippen LogP contribution in [0.5, 0.6) is 0 Å². The van der Waals surface area contributed by atoms with Gasteiger partial charge < -0.3 is 14.1 Å².